The zero-order valence-corrected chi connectivity index (χ0v) is 18.4. The maximum atomic E-state index is 13.0. The number of quaternary nitrogens is 1. The van der Waals surface area contributed by atoms with Crippen molar-refractivity contribution < 1.29 is 18.5 Å². The van der Waals surface area contributed by atoms with E-state index in [1.54, 1.807) is 42.5 Å². The highest BCUT2D eigenvalue weighted by Gasteiger charge is 2.22. The minimum absolute atomic E-state index is 0.108. The number of nitrogens with two attached hydrogens (primary N) is 1. The van der Waals surface area contributed by atoms with Crippen molar-refractivity contribution >= 4 is 27.3 Å². The molecule has 0 atom stereocenters. The van der Waals surface area contributed by atoms with Crippen molar-refractivity contribution in [2.24, 2.45) is 0 Å². The summed E-state index contributed by atoms with van der Waals surface area (Å²) in [5.41, 5.74) is 1.08. The van der Waals surface area contributed by atoms with Gasteiger partial charge in [-0.25, -0.2) is 8.42 Å². The number of sulfonamides is 1. The normalized spacial score (nSPS) is 15.8. The average molecular weight is 431 g/mol. The number of hydrogen-bond acceptors (Lipinski definition) is 3. The number of nitrogens with zero attached hydrogens (tertiary/aromatic N) is 1. The summed E-state index contributed by atoms with van der Waals surface area (Å²) in [6.45, 7) is 0.353. The van der Waals surface area contributed by atoms with E-state index in [1.165, 1.54) is 49.5 Å². The summed E-state index contributed by atoms with van der Waals surface area (Å²) in [6, 6.07) is 15.9. The fraction of sp³-hybridized carbons (Fsp3) is 0.435. The first-order valence-corrected chi connectivity index (χ1v) is 12.2. The van der Waals surface area contributed by atoms with Gasteiger partial charge in [-0.2, -0.15) is 0 Å². The second-order valence-electron chi connectivity index (χ2n) is 7.93. The van der Waals surface area contributed by atoms with Crippen LogP contribution >= 0.6 is 0 Å². The molecule has 0 radical (unpaired) electrons. The molecule has 2 aromatic carbocycles. The van der Waals surface area contributed by atoms with Crippen LogP contribution in [0.4, 0.5) is 11.4 Å². The summed E-state index contributed by atoms with van der Waals surface area (Å²) in [7, 11) is -2.19. The number of nitrogens with one attached hydrogen (secondary N) is 1. The molecule has 3 N–H and O–H groups in total. The molecule has 162 valence electrons. The number of carbonyl (C=O) groups excluding carboxylic acids is 1. The van der Waals surface area contributed by atoms with E-state index in [1.807, 2.05) is 6.07 Å². The molecular weight excluding hydrogens is 398 g/mol. The number of carbonyl (C=O) groups is 1. The summed E-state index contributed by atoms with van der Waals surface area (Å²) < 4.78 is 27.2. The van der Waals surface area contributed by atoms with Crippen LogP contribution in [0.25, 0.3) is 0 Å². The molecule has 1 fully saturated rings. The summed E-state index contributed by atoms with van der Waals surface area (Å²) >= 11 is 0. The highest BCUT2D eigenvalue weighted by molar-refractivity contribution is 7.92. The van der Waals surface area contributed by atoms with E-state index in [2.05, 4.69) is 10.6 Å². The van der Waals surface area contributed by atoms with E-state index in [-0.39, 0.29) is 10.8 Å². The third-order valence-corrected chi connectivity index (χ3v) is 7.46. The van der Waals surface area contributed by atoms with Gasteiger partial charge >= 0.3 is 0 Å². The molecule has 0 spiro atoms. The monoisotopic (exact) mass is 430 g/mol. The zero-order valence-electron chi connectivity index (χ0n) is 17.6. The van der Waals surface area contributed by atoms with E-state index >= 15 is 0 Å². The second-order valence-corrected chi connectivity index (χ2v) is 9.90. The Labute approximate surface area is 179 Å². The fourth-order valence-corrected chi connectivity index (χ4v) is 5.12. The first kappa shape index (κ1) is 22.3. The van der Waals surface area contributed by atoms with Gasteiger partial charge in [0.2, 0.25) is 0 Å². The lowest BCUT2D eigenvalue weighted by atomic mass is 9.97. The van der Waals surface area contributed by atoms with Crippen LogP contribution in [-0.4, -0.2) is 34.0 Å². The predicted molar refractivity (Wildman–Crippen MR) is 120 cm³/mol. The molecule has 0 heterocycles. The van der Waals surface area contributed by atoms with Gasteiger partial charge in [-0.15, -0.1) is 0 Å². The summed E-state index contributed by atoms with van der Waals surface area (Å²) in [5.74, 6) is -0.108. The Hall–Kier alpha value is -2.38. The lowest BCUT2D eigenvalue weighted by molar-refractivity contribution is -0.680. The Kier molecular flexibility index (Phi) is 7.87. The molecule has 0 unspecified atom stereocenters. The Morgan fingerprint density at radius 2 is 1.67 bits per heavy atom. The molecular formula is C23H32N3O3S+. The summed E-state index contributed by atoms with van der Waals surface area (Å²) in [6.07, 6.45) is 8.69. The van der Waals surface area contributed by atoms with E-state index in [9.17, 15) is 13.2 Å². The van der Waals surface area contributed by atoms with E-state index in [0.717, 1.165) is 12.8 Å². The molecule has 0 bridgehead atoms. The maximum absolute atomic E-state index is 13.0. The van der Waals surface area contributed by atoms with Gasteiger partial charge in [0.25, 0.3) is 15.9 Å². The standard InChI is InChI=1S/C23H31N3O3S/c1-26(21-14-8-5-9-15-21)30(28,29)22-16-10-13-20(17-22)25-23(27)18-24-19-11-6-3-2-4-7-12-19/h5,8-10,13-17,19,24H,2-4,6-7,11-12,18H2,1H3,(H,25,27)/p+1. The number of anilines is 2. The lowest BCUT2D eigenvalue weighted by Gasteiger charge is -2.20. The number of benzene rings is 2. The predicted octanol–water partition coefficient (Wildman–Crippen LogP) is 3.13. The molecule has 2 aromatic rings. The lowest BCUT2D eigenvalue weighted by Crippen LogP contribution is -2.91. The Bertz CT molecular complexity index is 924. The molecule has 1 aliphatic carbocycles. The van der Waals surface area contributed by atoms with Crippen LogP contribution in [-0.2, 0) is 14.8 Å². The molecule has 6 nitrogen and oxygen atoms in total. The van der Waals surface area contributed by atoms with Crippen LogP contribution in [0.3, 0.4) is 0 Å². The Morgan fingerprint density at radius 1 is 1.00 bits per heavy atom. The first-order valence-electron chi connectivity index (χ1n) is 10.7. The van der Waals surface area contributed by atoms with Gasteiger partial charge in [0.1, 0.15) is 0 Å². The molecule has 7 heteroatoms. The molecule has 0 saturated heterocycles. The number of para-hydroxylation sites is 1. The van der Waals surface area contributed by atoms with E-state index in [0.29, 0.717) is 24.0 Å². The molecule has 0 aliphatic heterocycles. The van der Waals surface area contributed by atoms with Crippen LogP contribution in [0.5, 0.6) is 0 Å². The van der Waals surface area contributed by atoms with E-state index in [4.69, 9.17) is 0 Å². The highest BCUT2D eigenvalue weighted by Crippen LogP contribution is 2.23. The van der Waals surface area contributed by atoms with Crippen molar-refractivity contribution in [1.82, 2.24) is 0 Å². The van der Waals surface area contributed by atoms with Crippen molar-refractivity contribution in [1.29, 1.82) is 0 Å². The topological polar surface area (TPSA) is 83.1 Å². The molecule has 0 aromatic heterocycles. The minimum atomic E-state index is -3.71. The Morgan fingerprint density at radius 3 is 2.37 bits per heavy atom. The average Bonchev–Trinajstić information content (AvgIpc) is 2.73. The smallest absolute Gasteiger partial charge is 0.279 e. The van der Waals surface area contributed by atoms with Crippen LogP contribution < -0.4 is 14.9 Å². The summed E-state index contributed by atoms with van der Waals surface area (Å²) in [4.78, 5) is 12.6. The van der Waals surface area contributed by atoms with Crippen LogP contribution in [0, 0.1) is 0 Å². The van der Waals surface area contributed by atoms with Crippen LogP contribution in [0.2, 0.25) is 0 Å². The second kappa shape index (κ2) is 10.6. The largest absolute Gasteiger partial charge is 0.336 e. The van der Waals surface area contributed by atoms with E-state index < -0.39 is 10.0 Å². The van der Waals surface area contributed by atoms with Crippen LogP contribution in [0.15, 0.2) is 59.5 Å². The molecule has 1 aliphatic rings. The van der Waals surface area contributed by atoms with Gasteiger partial charge in [-0.3, -0.25) is 9.10 Å². The number of rotatable bonds is 7. The van der Waals surface area contributed by atoms with Crippen molar-refractivity contribution in [2.45, 2.75) is 55.9 Å². The Balaban J connectivity index is 1.61. The van der Waals surface area contributed by atoms with Crippen molar-refractivity contribution in [3.8, 4) is 0 Å². The quantitative estimate of drug-likeness (QED) is 0.708. The summed E-state index contributed by atoms with van der Waals surface area (Å²) in [5, 5.41) is 4.98. The van der Waals surface area contributed by atoms with Crippen molar-refractivity contribution in [2.75, 3.05) is 23.2 Å². The maximum Gasteiger partial charge on any atom is 0.279 e. The third-order valence-electron chi connectivity index (χ3n) is 5.68. The SMILES string of the molecule is CN(c1ccccc1)S(=O)(=O)c1cccc(NC(=O)C[NH2+]C2CCCCCCC2)c1. The molecule has 1 amide bonds. The van der Waals surface area contributed by atoms with Crippen LogP contribution in [0.1, 0.15) is 44.9 Å². The van der Waals surface area contributed by atoms with Gasteiger partial charge in [0, 0.05) is 12.7 Å². The van der Waals surface area contributed by atoms with Gasteiger partial charge in [-0.1, -0.05) is 43.5 Å². The number of hydrogen-bond donors (Lipinski definition) is 2. The van der Waals surface area contributed by atoms with Gasteiger partial charge < -0.3 is 10.6 Å². The third kappa shape index (κ3) is 6.06. The van der Waals surface area contributed by atoms with Gasteiger partial charge in [0.15, 0.2) is 6.54 Å². The first-order chi connectivity index (χ1) is 14.5. The number of amides is 1. The van der Waals surface area contributed by atoms with Crippen molar-refractivity contribution in [3.05, 3.63) is 54.6 Å². The zero-order chi connectivity index (χ0) is 21.4. The minimum Gasteiger partial charge on any atom is -0.336 e. The molecule has 30 heavy (non-hydrogen) atoms. The molecule has 1 saturated carbocycles. The van der Waals surface area contributed by atoms with Crippen molar-refractivity contribution in [3.63, 3.8) is 0 Å². The van der Waals surface area contributed by atoms with Gasteiger partial charge in [-0.05, 0) is 56.0 Å². The van der Waals surface area contributed by atoms with Gasteiger partial charge in [0.05, 0.1) is 16.6 Å². The highest BCUT2D eigenvalue weighted by atomic mass is 32.2. The molecule has 3 rings (SSSR count). The fourth-order valence-electron chi connectivity index (χ4n) is 3.88.